The molecule has 1 aliphatic carbocycles. The lowest BCUT2D eigenvalue weighted by atomic mass is 9.66. The third-order valence-electron chi connectivity index (χ3n) is 10.9. The second kappa shape index (κ2) is 13.9. The smallest absolute Gasteiger partial charge is 0.310 e. The van der Waals surface area contributed by atoms with Gasteiger partial charge in [0.05, 0.1) is 44.4 Å². The summed E-state index contributed by atoms with van der Waals surface area (Å²) in [5.74, 6) is -0.543. The van der Waals surface area contributed by atoms with Gasteiger partial charge in [-0.15, -0.1) is 0 Å². The highest BCUT2D eigenvalue weighted by molar-refractivity contribution is 5.79. The number of carbonyl (C=O) groups is 1. The zero-order chi connectivity index (χ0) is 38.1. The summed E-state index contributed by atoms with van der Waals surface area (Å²) < 4.78 is 59.6. The number of methoxy groups -OCH3 is 2. The van der Waals surface area contributed by atoms with Gasteiger partial charge in [-0.3, -0.25) is 14.9 Å². The van der Waals surface area contributed by atoms with E-state index >= 15 is 0 Å². The van der Waals surface area contributed by atoms with Gasteiger partial charge in [-0.25, -0.2) is 0 Å². The number of non-ortho nitro benzene ring substituents is 1. The molecule has 288 valence electrons. The molecule has 16 heteroatoms. The maximum atomic E-state index is 13.8. The topological polar surface area (TPSA) is 193 Å². The molecule has 3 saturated heterocycles. The second-order valence-electron chi connectivity index (χ2n) is 14.4. The second-order valence-corrected chi connectivity index (χ2v) is 14.4. The maximum absolute atomic E-state index is 13.8. The van der Waals surface area contributed by atoms with E-state index in [-0.39, 0.29) is 31.4 Å². The van der Waals surface area contributed by atoms with E-state index < -0.39 is 77.3 Å². The lowest BCUT2D eigenvalue weighted by molar-refractivity contribution is -0.384. The van der Waals surface area contributed by atoms with Crippen molar-refractivity contribution in [1.29, 1.82) is 0 Å². The van der Waals surface area contributed by atoms with Crippen molar-refractivity contribution in [2.45, 2.75) is 75.4 Å². The van der Waals surface area contributed by atoms with Crippen LogP contribution in [0.3, 0.4) is 0 Å². The van der Waals surface area contributed by atoms with E-state index in [2.05, 4.69) is 0 Å². The van der Waals surface area contributed by atoms with E-state index in [9.17, 15) is 25.1 Å². The monoisotopic (exact) mass is 751 g/mol. The Morgan fingerprint density at radius 2 is 1.56 bits per heavy atom. The van der Waals surface area contributed by atoms with Crippen molar-refractivity contribution in [2.24, 2.45) is 11.8 Å². The minimum atomic E-state index is -1.47. The number of cyclic esters (lactones) is 1. The van der Waals surface area contributed by atoms with Crippen molar-refractivity contribution in [2.75, 3.05) is 34.2 Å². The normalized spacial score (nSPS) is 31.1. The van der Waals surface area contributed by atoms with E-state index in [0.717, 1.165) is 0 Å². The summed E-state index contributed by atoms with van der Waals surface area (Å²) in [6, 6.07) is 13.3. The number of nitro benzene ring substituents is 1. The number of benzene rings is 3. The molecule has 0 bridgehead atoms. The van der Waals surface area contributed by atoms with Crippen LogP contribution in [0.5, 0.6) is 28.7 Å². The highest BCUT2D eigenvalue weighted by Crippen LogP contribution is 2.57. The molecule has 5 aliphatic rings. The van der Waals surface area contributed by atoms with Gasteiger partial charge in [-0.2, -0.15) is 0 Å². The number of rotatable bonds is 9. The van der Waals surface area contributed by atoms with Crippen LogP contribution < -0.4 is 23.7 Å². The molecule has 3 aromatic rings. The fourth-order valence-electron chi connectivity index (χ4n) is 8.12. The summed E-state index contributed by atoms with van der Waals surface area (Å²) in [6.45, 7) is 5.48. The SMILES string of the molecule is COc1cc(C2c3cc4c(cc3C(OC3OC5COC(C)OC5C(O)C3O)C3COC(=O)C23)OCO4)cc(OC)c1OC(C)(C)c1ccc([N+](=O)[O-])cc1. The van der Waals surface area contributed by atoms with E-state index in [0.29, 0.717) is 45.3 Å². The Bertz CT molecular complexity index is 1910. The number of aliphatic hydroxyl groups is 2. The maximum Gasteiger partial charge on any atom is 0.310 e. The fraction of sp³-hybridized carbons (Fsp3) is 0.500. The average Bonchev–Trinajstić information content (AvgIpc) is 3.79. The number of aliphatic hydroxyl groups excluding tert-OH is 2. The summed E-state index contributed by atoms with van der Waals surface area (Å²) >= 11 is 0. The summed E-state index contributed by atoms with van der Waals surface area (Å²) in [5, 5.41) is 33.5. The summed E-state index contributed by atoms with van der Waals surface area (Å²) in [4.78, 5) is 24.6. The first-order valence-corrected chi connectivity index (χ1v) is 17.6. The molecule has 4 heterocycles. The molecule has 8 rings (SSSR count). The van der Waals surface area contributed by atoms with Crippen LogP contribution in [0.15, 0.2) is 48.5 Å². The number of nitrogens with zero attached hydrogens (tertiary/aromatic N) is 1. The molecule has 0 saturated carbocycles. The van der Waals surface area contributed by atoms with Gasteiger partial charge in [0.15, 0.2) is 35.6 Å². The molecule has 2 N–H and O–H groups in total. The molecule has 54 heavy (non-hydrogen) atoms. The molecule has 10 atom stereocenters. The Labute approximate surface area is 309 Å². The van der Waals surface area contributed by atoms with Crippen LogP contribution in [0.4, 0.5) is 5.69 Å². The third-order valence-corrected chi connectivity index (χ3v) is 10.9. The van der Waals surface area contributed by atoms with Crippen LogP contribution in [0, 0.1) is 22.0 Å². The van der Waals surface area contributed by atoms with Crippen molar-refractivity contribution in [3.05, 3.63) is 80.9 Å². The zero-order valence-electron chi connectivity index (χ0n) is 30.2. The number of nitro groups is 1. The summed E-state index contributed by atoms with van der Waals surface area (Å²) in [6.07, 6.45) is -7.04. The minimum absolute atomic E-state index is 0.000320. The standard InChI is InChI=1S/C38H41NO15/c1-17-47-15-28-35(51-17)31(40)32(41)37(52-28)53-33-22-13-25-24(49-16-50-25)12-21(22)29(30-23(33)14-48-36(30)42)18-10-26(45-4)34(27(11-18)46-5)54-38(2,3)19-6-8-20(9-7-19)39(43)44/h6-13,17,23,28-33,35,37,40-41H,14-16H2,1-5H3. The van der Waals surface area contributed by atoms with Crippen molar-refractivity contribution in [3.63, 3.8) is 0 Å². The van der Waals surface area contributed by atoms with Gasteiger partial charge in [-0.05, 0) is 79.4 Å². The number of ether oxygens (including phenoxy) is 10. The average molecular weight is 752 g/mol. The predicted octanol–water partition coefficient (Wildman–Crippen LogP) is 3.86. The number of carbonyl (C=O) groups excluding carboxylic acids is 1. The fourth-order valence-corrected chi connectivity index (χ4v) is 8.12. The number of esters is 1. The van der Waals surface area contributed by atoms with E-state index in [1.54, 1.807) is 37.3 Å². The van der Waals surface area contributed by atoms with Gasteiger partial charge in [0, 0.05) is 24.0 Å². The molecule has 0 amide bonds. The van der Waals surface area contributed by atoms with Gasteiger partial charge in [0.25, 0.3) is 5.69 Å². The van der Waals surface area contributed by atoms with Gasteiger partial charge >= 0.3 is 5.97 Å². The lowest BCUT2D eigenvalue weighted by Gasteiger charge is -2.47. The Balaban J connectivity index is 1.18. The first kappa shape index (κ1) is 36.3. The molecule has 0 aromatic heterocycles. The Morgan fingerprint density at radius 1 is 0.889 bits per heavy atom. The van der Waals surface area contributed by atoms with Gasteiger partial charge in [0.1, 0.15) is 30.0 Å². The van der Waals surface area contributed by atoms with Crippen LogP contribution in [0.1, 0.15) is 55.0 Å². The Kier molecular flexibility index (Phi) is 9.31. The quantitative estimate of drug-likeness (QED) is 0.182. The number of hydrogen-bond donors (Lipinski definition) is 2. The number of hydrogen-bond acceptors (Lipinski definition) is 15. The summed E-state index contributed by atoms with van der Waals surface area (Å²) in [7, 11) is 2.98. The zero-order valence-corrected chi connectivity index (χ0v) is 30.2. The molecule has 4 aliphatic heterocycles. The van der Waals surface area contributed by atoms with E-state index in [1.807, 2.05) is 19.9 Å². The molecule has 0 spiro atoms. The largest absolute Gasteiger partial charge is 0.493 e. The predicted molar refractivity (Wildman–Crippen MR) is 183 cm³/mol. The third kappa shape index (κ3) is 6.16. The van der Waals surface area contributed by atoms with Crippen molar-refractivity contribution in [1.82, 2.24) is 0 Å². The van der Waals surface area contributed by atoms with Gasteiger partial charge in [-0.1, -0.05) is 0 Å². The highest BCUT2D eigenvalue weighted by atomic mass is 16.8. The molecule has 3 aromatic carbocycles. The minimum Gasteiger partial charge on any atom is -0.493 e. The van der Waals surface area contributed by atoms with Crippen LogP contribution in [-0.4, -0.2) is 92.3 Å². The number of fused-ring (bicyclic) bond motifs is 4. The molecular weight excluding hydrogens is 710 g/mol. The van der Waals surface area contributed by atoms with Crippen LogP contribution in [0.2, 0.25) is 0 Å². The van der Waals surface area contributed by atoms with Crippen molar-refractivity contribution in [3.8, 4) is 28.7 Å². The first-order valence-electron chi connectivity index (χ1n) is 17.6. The van der Waals surface area contributed by atoms with Gasteiger partial charge in [0.2, 0.25) is 12.5 Å². The molecule has 3 fully saturated rings. The van der Waals surface area contributed by atoms with Crippen LogP contribution in [-0.2, 0) is 34.1 Å². The van der Waals surface area contributed by atoms with E-state index in [4.69, 9.17) is 47.4 Å². The first-order chi connectivity index (χ1) is 25.9. The van der Waals surface area contributed by atoms with Crippen LogP contribution >= 0.6 is 0 Å². The molecule has 0 radical (unpaired) electrons. The van der Waals surface area contributed by atoms with Crippen molar-refractivity contribution < 1.29 is 67.3 Å². The Morgan fingerprint density at radius 3 is 2.20 bits per heavy atom. The molecule has 10 unspecified atom stereocenters. The summed E-state index contributed by atoms with van der Waals surface area (Å²) in [5.41, 5.74) is 1.63. The molecule has 16 nitrogen and oxygen atoms in total. The highest BCUT2D eigenvalue weighted by Gasteiger charge is 2.56. The van der Waals surface area contributed by atoms with Gasteiger partial charge < -0.3 is 57.6 Å². The lowest BCUT2D eigenvalue weighted by Crippen LogP contribution is -2.63. The molecular formula is C38H41NO15. The van der Waals surface area contributed by atoms with Crippen molar-refractivity contribution >= 4 is 11.7 Å². The van der Waals surface area contributed by atoms with Crippen LogP contribution in [0.25, 0.3) is 0 Å². The van der Waals surface area contributed by atoms with E-state index in [1.165, 1.54) is 26.4 Å². The Hall–Kier alpha value is -4.71.